The number of halogens is 4. The number of hydrazone groups is 1. The first-order valence-electron chi connectivity index (χ1n) is 5.25. The molecule has 0 spiro atoms. The van der Waals surface area contributed by atoms with Crippen molar-refractivity contribution in [1.82, 2.24) is 0 Å². The Kier molecular flexibility index (Phi) is 4.94. The molecule has 0 saturated heterocycles. The summed E-state index contributed by atoms with van der Waals surface area (Å²) in [5.41, 5.74) is 4.33. The average molecular weight is 334 g/mol. The lowest BCUT2D eigenvalue weighted by Crippen LogP contribution is -1.91. The van der Waals surface area contributed by atoms with Crippen LogP contribution < -0.4 is 5.43 Å². The van der Waals surface area contributed by atoms with Crippen molar-refractivity contribution >= 4 is 58.3 Å². The van der Waals surface area contributed by atoms with E-state index < -0.39 is 0 Å². The lowest BCUT2D eigenvalue weighted by molar-refractivity contribution is 1.35. The molecule has 2 rings (SSSR count). The molecule has 0 aliphatic heterocycles. The molecule has 0 aromatic heterocycles. The molecule has 98 valence electrons. The molecular formula is C13H8Cl4N2. The third kappa shape index (κ3) is 4.02. The number of rotatable bonds is 3. The first-order chi connectivity index (χ1) is 9.06. The van der Waals surface area contributed by atoms with E-state index in [1.54, 1.807) is 42.6 Å². The maximum absolute atomic E-state index is 6.02. The van der Waals surface area contributed by atoms with E-state index in [-0.39, 0.29) is 0 Å². The Labute approximate surface area is 130 Å². The summed E-state index contributed by atoms with van der Waals surface area (Å²) in [4.78, 5) is 0. The zero-order valence-corrected chi connectivity index (χ0v) is 12.5. The molecule has 0 amide bonds. The molecule has 0 atom stereocenters. The van der Waals surface area contributed by atoms with Crippen LogP contribution in [-0.4, -0.2) is 6.21 Å². The molecule has 19 heavy (non-hydrogen) atoms. The van der Waals surface area contributed by atoms with Crippen molar-refractivity contribution in [3.63, 3.8) is 0 Å². The predicted octanol–water partition coefficient (Wildman–Crippen LogP) is 5.75. The smallest absolute Gasteiger partial charge is 0.0613 e. The minimum atomic E-state index is 0.464. The molecule has 0 saturated carbocycles. The van der Waals surface area contributed by atoms with Gasteiger partial charge in [-0.05, 0) is 30.3 Å². The highest BCUT2D eigenvalue weighted by atomic mass is 35.5. The van der Waals surface area contributed by atoms with Crippen LogP contribution in [0.3, 0.4) is 0 Å². The zero-order valence-electron chi connectivity index (χ0n) is 9.50. The van der Waals surface area contributed by atoms with Crippen LogP contribution in [-0.2, 0) is 0 Å². The average Bonchev–Trinajstić information content (AvgIpc) is 2.36. The summed E-state index contributed by atoms with van der Waals surface area (Å²) in [6.07, 6.45) is 1.60. The molecular weight excluding hydrogens is 326 g/mol. The fraction of sp³-hybridized carbons (Fsp3) is 0. The van der Waals surface area contributed by atoms with E-state index in [9.17, 15) is 0 Å². The van der Waals surface area contributed by atoms with Gasteiger partial charge in [0.25, 0.3) is 0 Å². The summed E-state index contributed by atoms with van der Waals surface area (Å²) < 4.78 is 0. The molecule has 0 aliphatic rings. The van der Waals surface area contributed by atoms with Crippen LogP contribution >= 0.6 is 46.4 Å². The van der Waals surface area contributed by atoms with Crippen LogP contribution in [0.1, 0.15) is 5.56 Å². The van der Waals surface area contributed by atoms with Gasteiger partial charge in [0.15, 0.2) is 0 Å². The maximum atomic E-state index is 6.02. The van der Waals surface area contributed by atoms with Crippen molar-refractivity contribution in [2.24, 2.45) is 5.10 Å². The Balaban J connectivity index is 2.09. The van der Waals surface area contributed by atoms with Gasteiger partial charge in [-0.2, -0.15) is 5.10 Å². The monoisotopic (exact) mass is 332 g/mol. The lowest BCUT2D eigenvalue weighted by Gasteiger charge is -2.02. The minimum absolute atomic E-state index is 0.464. The van der Waals surface area contributed by atoms with E-state index in [1.165, 1.54) is 0 Å². The van der Waals surface area contributed by atoms with Gasteiger partial charge in [-0.15, -0.1) is 0 Å². The Morgan fingerprint density at radius 1 is 0.842 bits per heavy atom. The van der Waals surface area contributed by atoms with Crippen LogP contribution in [0.2, 0.25) is 20.1 Å². The van der Waals surface area contributed by atoms with Crippen LogP contribution in [0.5, 0.6) is 0 Å². The van der Waals surface area contributed by atoms with Gasteiger partial charge in [0.1, 0.15) is 0 Å². The van der Waals surface area contributed by atoms with Gasteiger partial charge in [0.05, 0.1) is 27.0 Å². The van der Waals surface area contributed by atoms with Crippen LogP contribution in [0.25, 0.3) is 0 Å². The molecule has 2 aromatic carbocycles. The van der Waals surface area contributed by atoms with Crippen molar-refractivity contribution in [1.29, 1.82) is 0 Å². The Bertz CT molecular complexity index is 626. The van der Waals surface area contributed by atoms with E-state index in [0.717, 1.165) is 11.3 Å². The highest BCUT2D eigenvalue weighted by Crippen LogP contribution is 2.25. The number of hydrogen-bond acceptors (Lipinski definition) is 2. The second-order valence-electron chi connectivity index (χ2n) is 3.66. The molecule has 0 heterocycles. The number of anilines is 1. The molecule has 0 aliphatic carbocycles. The summed E-state index contributed by atoms with van der Waals surface area (Å²) in [6.45, 7) is 0. The van der Waals surface area contributed by atoms with Gasteiger partial charge in [-0.3, -0.25) is 5.43 Å². The van der Waals surface area contributed by atoms with Crippen molar-refractivity contribution < 1.29 is 0 Å². The topological polar surface area (TPSA) is 24.4 Å². The van der Waals surface area contributed by atoms with Gasteiger partial charge in [0, 0.05) is 10.6 Å². The third-order valence-electron chi connectivity index (χ3n) is 2.28. The number of nitrogens with one attached hydrogen (secondary N) is 1. The Hall–Kier alpha value is -0.930. The molecule has 0 radical (unpaired) electrons. The molecule has 2 aromatic rings. The van der Waals surface area contributed by atoms with Gasteiger partial charge in [0.2, 0.25) is 0 Å². The second kappa shape index (κ2) is 6.49. The normalized spacial score (nSPS) is 10.9. The van der Waals surface area contributed by atoms with E-state index in [4.69, 9.17) is 46.4 Å². The van der Waals surface area contributed by atoms with E-state index in [1.807, 2.05) is 0 Å². The van der Waals surface area contributed by atoms with E-state index in [0.29, 0.717) is 20.1 Å². The van der Waals surface area contributed by atoms with Gasteiger partial charge < -0.3 is 0 Å². The molecule has 0 unspecified atom stereocenters. The minimum Gasteiger partial charge on any atom is -0.278 e. The molecule has 0 fully saturated rings. The van der Waals surface area contributed by atoms with Gasteiger partial charge >= 0.3 is 0 Å². The van der Waals surface area contributed by atoms with Crippen molar-refractivity contribution in [3.05, 3.63) is 62.1 Å². The van der Waals surface area contributed by atoms with E-state index in [2.05, 4.69) is 10.5 Å². The van der Waals surface area contributed by atoms with Crippen LogP contribution in [0.15, 0.2) is 41.5 Å². The third-order valence-corrected chi connectivity index (χ3v) is 3.58. The number of nitrogens with zero attached hydrogens (tertiary/aromatic N) is 1. The number of hydrogen-bond donors (Lipinski definition) is 1. The van der Waals surface area contributed by atoms with Gasteiger partial charge in [-0.25, -0.2) is 0 Å². The highest BCUT2D eigenvalue weighted by Gasteiger charge is 1.99. The molecule has 2 nitrogen and oxygen atoms in total. The van der Waals surface area contributed by atoms with Crippen molar-refractivity contribution in [2.45, 2.75) is 0 Å². The maximum Gasteiger partial charge on any atom is 0.0613 e. The quantitative estimate of drug-likeness (QED) is 0.561. The first-order valence-corrected chi connectivity index (χ1v) is 6.76. The van der Waals surface area contributed by atoms with Crippen molar-refractivity contribution in [3.8, 4) is 0 Å². The van der Waals surface area contributed by atoms with E-state index >= 15 is 0 Å². The summed E-state index contributed by atoms with van der Waals surface area (Å²) >= 11 is 23.5. The Morgan fingerprint density at radius 3 is 2.32 bits per heavy atom. The number of benzene rings is 2. The standard InChI is InChI=1S/C13H8Cl4N2/c14-9-2-1-8(12(16)5-9)7-18-19-10-3-4-11(15)13(17)6-10/h1-7,19H. The Morgan fingerprint density at radius 2 is 1.63 bits per heavy atom. The fourth-order valence-electron chi connectivity index (χ4n) is 1.35. The van der Waals surface area contributed by atoms with Crippen LogP contribution in [0.4, 0.5) is 5.69 Å². The summed E-state index contributed by atoms with van der Waals surface area (Å²) in [5.74, 6) is 0. The highest BCUT2D eigenvalue weighted by molar-refractivity contribution is 6.42. The molecule has 6 heteroatoms. The predicted molar refractivity (Wildman–Crippen MR) is 84.1 cm³/mol. The van der Waals surface area contributed by atoms with Crippen molar-refractivity contribution in [2.75, 3.05) is 5.43 Å². The first kappa shape index (κ1) is 14.5. The fourth-order valence-corrected chi connectivity index (χ4v) is 2.10. The summed E-state index contributed by atoms with van der Waals surface area (Å²) in [6, 6.07) is 10.3. The molecule has 1 N–H and O–H groups in total. The summed E-state index contributed by atoms with van der Waals surface area (Å²) in [7, 11) is 0. The zero-order chi connectivity index (χ0) is 13.8. The SMILES string of the molecule is Clc1ccc(C=NNc2ccc(Cl)c(Cl)c2)c(Cl)c1. The van der Waals surface area contributed by atoms with Crippen LogP contribution in [0, 0.1) is 0 Å². The largest absolute Gasteiger partial charge is 0.278 e. The second-order valence-corrected chi connectivity index (χ2v) is 5.32. The lowest BCUT2D eigenvalue weighted by atomic mass is 10.2. The van der Waals surface area contributed by atoms with Gasteiger partial charge in [-0.1, -0.05) is 52.5 Å². The summed E-state index contributed by atoms with van der Waals surface area (Å²) in [5, 5.41) is 6.15. The molecule has 0 bridgehead atoms.